The van der Waals surface area contributed by atoms with Gasteiger partial charge in [0.05, 0.1) is 5.60 Å². The van der Waals surface area contributed by atoms with Crippen LogP contribution in [0.25, 0.3) is 0 Å². The van der Waals surface area contributed by atoms with Crippen LogP contribution in [0.1, 0.15) is 51.9 Å². The van der Waals surface area contributed by atoms with Gasteiger partial charge in [-0.15, -0.1) is 0 Å². The fourth-order valence-corrected chi connectivity index (χ4v) is 3.64. The van der Waals surface area contributed by atoms with Gasteiger partial charge in [-0.1, -0.05) is 19.3 Å². The van der Waals surface area contributed by atoms with E-state index >= 15 is 0 Å². The summed E-state index contributed by atoms with van der Waals surface area (Å²) in [7, 11) is 0. The molecule has 0 heterocycles. The van der Waals surface area contributed by atoms with Crippen LogP contribution in [0.4, 0.5) is 0 Å². The van der Waals surface area contributed by atoms with E-state index in [-0.39, 0.29) is 11.3 Å². The SMILES string of the molecule is CC1(O)CCCC1C1(C=O)CCCC1. The summed E-state index contributed by atoms with van der Waals surface area (Å²) in [6.07, 6.45) is 8.43. The highest BCUT2D eigenvalue weighted by molar-refractivity contribution is 5.61. The molecule has 0 saturated heterocycles. The summed E-state index contributed by atoms with van der Waals surface area (Å²) in [4.78, 5) is 11.3. The molecule has 0 aromatic rings. The molecule has 2 heteroatoms. The molecule has 2 unspecified atom stereocenters. The van der Waals surface area contributed by atoms with Crippen molar-refractivity contribution in [2.75, 3.05) is 0 Å². The Morgan fingerprint density at radius 2 is 1.86 bits per heavy atom. The van der Waals surface area contributed by atoms with E-state index in [4.69, 9.17) is 0 Å². The molecule has 14 heavy (non-hydrogen) atoms. The van der Waals surface area contributed by atoms with Crippen LogP contribution >= 0.6 is 0 Å². The van der Waals surface area contributed by atoms with Gasteiger partial charge in [0.15, 0.2) is 0 Å². The van der Waals surface area contributed by atoms with E-state index in [9.17, 15) is 9.90 Å². The molecule has 2 fully saturated rings. The van der Waals surface area contributed by atoms with Crippen molar-refractivity contribution in [1.82, 2.24) is 0 Å². The first kappa shape index (κ1) is 10.2. The quantitative estimate of drug-likeness (QED) is 0.688. The van der Waals surface area contributed by atoms with E-state index < -0.39 is 5.60 Å². The first-order valence-corrected chi connectivity index (χ1v) is 5.79. The van der Waals surface area contributed by atoms with Crippen molar-refractivity contribution in [1.29, 1.82) is 0 Å². The number of hydrogen-bond acceptors (Lipinski definition) is 2. The molecule has 0 amide bonds. The summed E-state index contributed by atoms with van der Waals surface area (Å²) in [6, 6.07) is 0. The molecule has 0 bridgehead atoms. The summed E-state index contributed by atoms with van der Waals surface area (Å²) in [5.74, 6) is 0.218. The zero-order valence-electron chi connectivity index (χ0n) is 8.96. The Labute approximate surface area is 85.7 Å². The molecule has 2 rings (SSSR count). The molecule has 2 saturated carbocycles. The van der Waals surface area contributed by atoms with Crippen LogP contribution in [-0.4, -0.2) is 17.0 Å². The van der Waals surface area contributed by atoms with Crippen molar-refractivity contribution in [3.05, 3.63) is 0 Å². The Morgan fingerprint density at radius 1 is 1.21 bits per heavy atom. The van der Waals surface area contributed by atoms with Crippen LogP contribution < -0.4 is 0 Å². The van der Waals surface area contributed by atoms with Crippen LogP contribution in [0, 0.1) is 11.3 Å². The third kappa shape index (κ3) is 1.40. The monoisotopic (exact) mass is 196 g/mol. The number of rotatable bonds is 2. The molecule has 0 aromatic heterocycles. The average molecular weight is 196 g/mol. The fourth-order valence-electron chi connectivity index (χ4n) is 3.64. The van der Waals surface area contributed by atoms with Gasteiger partial charge < -0.3 is 9.90 Å². The molecule has 0 spiro atoms. The van der Waals surface area contributed by atoms with Gasteiger partial charge >= 0.3 is 0 Å². The predicted molar refractivity (Wildman–Crippen MR) is 54.9 cm³/mol. The van der Waals surface area contributed by atoms with Crippen molar-refractivity contribution >= 4 is 6.29 Å². The zero-order chi connectivity index (χ0) is 10.2. The van der Waals surface area contributed by atoms with E-state index in [2.05, 4.69) is 0 Å². The summed E-state index contributed by atoms with van der Waals surface area (Å²) in [5, 5.41) is 10.3. The van der Waals surface area contributed by atoms with Gasteiger partial charge in [-0.05, 0) is 38.5 Å². The van der Waals surface area contributed by atoms with Gasteiger partial charge in [0.25, 0.3) is 0 Å². The van der Waals surface area contributed by atoms with Crippen LogP contribution in [0.5, 0.6) is 0 Å². The van der Waals surface area contributed by atoms with Crippen LogP contribution in [0.3, 0.4) is 0 Å². The van der Waals surface area contributed by atoms with Gasteiger partial charge in [0.1, 0.15) is 6.29 Å². The summed E-state index contributed by atoms with van der Waals surface area (Å²) in [6.45, 7) is 1.91. The maximum atomic E-state index is 11.3. The number of hydrogen-bond donors (Lipinski definition) is 1. The van der Waals surface area contributed by atoms with Gasteiger partial charge in [-0.2, -0.15) is 0 Å². The maximum Gasteiger partial charge on any atom is 0.126 e. The second-order valence-corrected chi connectivity index (χ2v) is 5.36. The first-order valence-electron chi connectivity index (χ1n) is 5.79. The van der Waals surface area contributed by atoms with Crippen LogP contribution in [0.2, 0.25) is 0 Å². The maximum absolute atomic E-state index is 11.3. The Morgan fingerprint density at radius 3 is 2.29 bits per heavy atom. The minimum Gasteiger partial charge on any atom is -0.390 e. The van der Waals surface area contributed by atoms with Crippen molar-refractivity contribution in [3.8, 4) is 0 Å². The second kappa shape index (κ2) is 3.34. The molecular formula is C12H20O2. The third-order valence-corrected chi connectivity index (χ3v) is 4.39. The normalized spacial score (nSPS) is 41.4. The minimum atomic E-state index is -0.592. The van der Waals surface area contributed by atoms with E-state index in [0.717, 1.165) is 51.2 Å². The largest absolute Gasteiger partial charge is 0.390 e. The first-order chi connectivity index (χ1) is 6.61. The highest BCUT2D eigenvalue weighted by Crippen LogP contribution is 2.52. The van der Waals surface area contributed by atoms with Crippen molar-refractivity contribution in [3.63, 3.8) is 0 Å². The molecule has 2 atom stereocenters. The molecule has 2 nitrogen and oxygen atoms in total. The fraction of sp³-hybridized carbons (Fsp3) is 0.917. The topological polar surface area (TPSA) is 37.3 Å². The summed E-state index contributed by atoms with van der Waals surface area (Å²) < 4.78 is 0. The molecule has 80 valence electrons. The highest BCUT2D eigenvalue weighted by Gasteiger charge is 2.51. The van der Waals surface area contributed by atoms with E-state index in [0.29, 0.717) is 0 Å². The predicted octanol–water partition coefficient (Wildman–Crippen LogP) is 2.30. The summed E-state index contributed by atoms with van der Waals surface area (Å²) in [5.41, 5.74) is -0.773. The van der Waals surface area contributed by atoms with Crippen molar-refractivity contribution in [2.24, 2.45) is 11.3 Å². The molecule has 0 aromatic carbocycles. The van der Waals surface area contributed by atoms with Gasteiger partial charge in [-0.3, -0.25) is 0 Å². The zero-order valence-corrected chi connectivity index (χ0v) is 8.96. The van der Waals surface area contributed by atoms with Gasteiger partial charge in [-0.25, -0.2) is 0 Å². The van der Waals surface area contributed by atoms with Gasteiger partial charge in [0.2, 0.25) is 0 Å². The Bertz CT molecular complexity index is 226. The van der Waals surface area contributed by atoms with E-state index in [1.54, 1.807) is 0 Å². The third-order valence-electron chi connectivity index (χ3n) is 4.39. The van der Waals surface area contributed by atoms with Crippen molar-refractivity contribution in [2.45, 2.75) is 57.5 Å². The lowest BCUT2D eigenvalue weighted by Crippen LogP contribution is -2.41. The van der Waals surface area contributed by atoms with E-state index in [1.165, 1.54) is 0 Å². The van der Waals surface area contributed by atoms with Crippen LogP contribution in [0.15, 0.2) is 0 Å². The number of carbonyl (C=O) groups excluding carboxylic acids is 1. The minimum absolute atomic E-state index is 0.181. The second-order valence-electron chi connectivity index (χ2n) is 5.36. The number of aliphatic hydroxyl groups is 1. The summed E-state index contributed by atoms with van der Waals surface area (Å²) >= 11 is 0. The lowest BCUT2D eigenvalue weighted by atomic mass is 9.69. The van der Waals surface area contributed by atoms with E-state index in [1.807, 2.05) is 6.92 Å². The molecule has 0 radical (unpaired) electrons. The molecular weight excluding hydrogens is 176 g/mol. The molecule has 2 aliphatic rings. The number of carbonyl (C=O) groups is 1. The standard InChI is InChI=1S/C12H20O2/c1-11(14)6-4-5-10(11)12(9-13)7-2-3-8-12/h9-10,14H,2-8H2,1H3. The van der Waals surface area contributed by atoms with Crippen LogP contribution in [-0.2, 0) is 4.79 Å². The lowest BCUT2D eigenvalue weighted by Gasteiger charge is -2.37. The Balaban J connectivity index is 2.23. The molecule has 2 aliphatic carbocycles. The van der Waals surface area contributed by atoms with Gasteiger partial charge in [0, 0.05) is 5.41 Å². The molecule has 1 N–H and O–H groups in total. The highest BCUT2D eigenvalue weighted by atomic mass is 16.3. The van der Waals surface area contributed by atoms with Crippen molar-refractivity contribution < 1.29 is 9.90 Å². The Kier molecular flexibility index (Phi) is 2.42. The lowest BCUT2D eigenvalue weighted by molar-refractivity contribution is -0.125. The number of aldehydes is 1. The molecule has 0 aliphatic heterocycles. The Hall–Kier alpha value is -0.370. The average Bonchev–Trinajstić information content (AvgIpc) is 2.71. The smallest absolute Gasteiger partial charge is 0.126 e.